The average Bonchev–Trinajstić information content (AvgIpc) is 3.04. The van der Waals surface area contributed by atoms with Gasteiger partial charge >= 0.3 is 0 Å². The third-order valence-electron chi connectivity index (χ3n) is 8.99. The van der Waals surface area contributed by atoms with Crippen molar-refractivity contribution in [3.8, 4) is 0 Å². The number of hydrogen-bond acceptors (Lipinski definition) is 1. The monoisotopic (exact) mass is 398 g/mol. The van der Waals surface area contributed by atoms with Crippen molar-refractivity contribution in [1.82, 2.24) is 0 Å². The molecule has 0 heterocycles. The summed E-state index contributed by atoms with van der Waals surface area (Å²) in [6, 6.07) is 0. The molecule has 1 N–H and O–H groups in total. The molecular formula is C28H46O. The number of rotatable bonds is 5. The van der Waals surface area contributed by atoms with Crippen molar-refractivity contribution in [1.29, 1.82) is 0 Å². The van der Waals surface area contributed by atoms with E-state index in [1.807, 2.05) is 0 Å². The van der Waals surface area contributed by atoms with Crippen molar-refractivity contribution in [2.24, 2.45) is 40.9 Å². The van der Waals surface area contributed by atoms with Crippen molar-refractivity contribution < 1.29 is 5.11 Å². The summed E-state index contributed by atoms with van der Waals surface area (Å²) in [7, 11) is 0. The lowest BCUT2D eigenvalue weighted by molar-refractivity contribution is 0.112. The van der Waals surface area contributed by atoms with Crippen LogP contribution in [0.5, 0.6) is 0 Å². The Morgan fingerprint density at radius 1 is 0.966 bits per heavy atom. The fourth-order valence-electron chi connectivity index (χ4n) is 6.50. The molecule has 3 unspecified atom stereocenters. The van der Waals surface area contributed by atoms with E-state index in [0.717, 1.165) is 37.0 Å². The third-order valence-corrected chi connectivity index (χ3v) is 8.99. The van der Waals surface area contributed by atoms with E-state index in [2.05, 4.69) is 65.8 Å². The molecule has 0 aromatic carbocycles. The van der Waals surface area contributed by atoms with E-state index in [0.29, 0.717) is 23.2 Å². The van der Waals surface area contributed by atoms with Crippen LogP contribution < -0.4 is 0 Å². The molecule has 0 bridgehead atoms. The Balaban J connectivity index is 1.74. The Bertz CT molecular complexity index is 639. The Kier molecular flexibility index (Phi) is 7.52. The second-order valence-corrected chi connectivity index (χ2v) is 11.3. The molecule has 3 aliphatic carbocycles. The minimum atomic E-state index is -0.121. The van der Waals surface area contributed by atoms with Gasteiger partial charge in [0.05, 0.1) is 6.10 Å². The zero-order valence-electron chi connectivity index (χ0n) is 20.0. The molecule has 0 radical (unpaired) electrons. The Labute approximate surface area is 180 Å². The smallest absolute Gasteiger partial charge is 0.0577 e. The largest absolute Gasteiger partial charge is 0.393 e. The maximum absolute atomic E-state index is 10.1. The molecule has 0 aromatic rings. The Morgan fingerprint density at radius 3 is 2.41 bits per heavy atom. The fraction of sp³-hybridized carbons (Fsp3) is 0.786. The molecule has 7 atom stereocenters. The highest BCUT2D eigenvalue weighted by molar-refractivity contribution is 5.27. The summed E-state index contributed by atoms with van der Waals surface area (Å²) >= 11 is 0. The topological polar surface area (TPSA) is 20.2 Å². The van der Waals surface area contributed by atoms with Gasteiger partial charge in [-0.3, -0.25) is 0 Å². The molecule has 3 saturated carbocycles. The van der Waals surface area contributed by atoms with E-state index in [1.54, 1.807) is 5.57 Å². The zero-order chi connectivity index (χ0) is 21.2. The van der Waals surface area contributed by atoms with Gasteiger partial charge in [-0.05, 0) is 92.3 Å². The SMILES string of the molecule is CC1CC[C@H](O)C/C1=C/C=C1\CCC[C@@]2(C)C1CCC2[C@H](C)/C=C/[C@H](C)C(C)C. The Morgan fingerprint density at radius 2 is 1.69 bits per heavy atom. The molecule has 3 fully saturated rings. The van der Waals surface area contributed by atoms with Gasteiger partial charge in [-0.1, -0.05) is 77.0 Å². The van der Waals surface area contributed by atoms with E-state index in [-0.39, 0.29) is 6.10 Å². The number of allylic oxidation sites excluding steroid dienone is 5. The molecule has 3 aliphatic rings. The minimum Gasteiger partial charge on any atom is -0.393 e. The lowest BCUT2D eigenvalue weighted by Gasteiger charge is -2.44. The van der Waals surface area contributed by atoms with Crippen LogP contribution in [0, 0.1) is 40.9 Å². The number of fused-ring (bicyclic) bond motifs is 1. The maximum atomic E-state index is 10.1. The fourth-order valence-corrected chi connectivity index (χ4v) is 6.50. The van der Waals surface area contributed by atoms with E-state index in [9.17, 15) is 5.11 Å². The molecule has 0 saturated heterocycles. The normalized spacial score (nSPS) is 40.7. The summed E-state index contributed by atoms with van der Waals surface area (Å²) in [6.45, 7) is 14.4. The van der Waals surface area contributed by atoms with Gasteiger partial charge in [0, 0.05) is 0 Å². The van der Waals surface area contributed by atoms with Crippen molar-refractivity contribution >= 4 is 0 Å². The van der Waals surface area contributed by atoms with Crippen LogP contribution >= 0.6 is 0 Å². The molecule has 164 valence electrons. The molecule has 0 aromatic heterocycles. The Hall–Kier alpha value is -0.820. The minimum absolute atomic E-state index is 0.121. The zero-order valence-corrected chi connectivity index (χ0v) is 20.0. The van der Waals surface area contributed by atoms with E-state index < -0.39 is 0 Å². The molecule has 3 rings (SSSR count). The highest BCUT2D eigenvalue weighted by atomic mass is 16.3. The first kappa shape index (κ1) is 22.9. The van der Waals surface area contributed by atoms with Crippen molar-refractivity contribution in [2.75, 3.05) is 0 Å². The lowest BCUT2D eigenvalue weighted by atomic mass is 9.61. The molecule has 0 amide bonds. The van der Waals surface area contributed by atoms with Gasteiger partial charge in [-0.15, -0.1) is 0 Å². The second-order valence-electron chi connectivity index (χ2n) is 11.3. The van der Waals surface area contributed by atoms with Gasteiger partial charge in [-0.25, -0.2) is 0 Å². The van der Waals surface area contributed by atoms with Crippen LogP contribution in [0.25, 0.3) is 0 Å². The molecule has 0 spiro atoms. The maximum Gasteiger partial charge on any atom is 0.0577 e. The van der Waals surface area contributed by atoms with Gasteiger partial charge in [0.15, 0.2) is 0 Å². The summed E-state index contributed by atoms with van der Waals surface area (Å²) in [4.78, 5) is 0. The standard InChI is InChI=1S/C28H46O/c1-19(2)20(3)9-10-22(5)26-15-16-27-23(8-7-17-28(26,27)6)12-13-24-18-25(29)14-11-21(24)4/h9-10,12-13,19-22,25-27,29H,7-8,11,14-18H2,1-6H3/b10-9+,23-12+,24-13-/t20-,21?,22+,25-,26?,27?,28+/m0/s1. The number of hydrogen-bond donors (Lipinski definition) is 1. The van der Waals surface area contributed by atoms with E-state index >= 15 is 0 Å². The summed E-state index contributed by atoms with van der Waals surface area (Å²) < 4.78 is 0. The predicted octanol–water partition coefficient (Wildman–Crippen LogP) is 7.72. The van der Waals surface area contributed by atoms with Gasteiger partial charge in [0.25, 0.3) is 0 Å². The van der Waals surface area contributed by atoms with Gasteiger partial charge in [-0.2, -0.15) is 0 Å². The van der Waals surface area contributed by atoms with Crippen LogP contribution in [0.4, 0.5) is 0 Å². The molecule has 29 heavy (non-hydrogen) atoms. The van der Waals surface area contributed by atoms with E-state index in [4.69, 9.17) is 0 Å². The first-order valence-corrected chi connectivity index (χ1v) is 12.5. The average molecular weight is 399 g/mol. The van der Waals surface area contributed by atoms with E-state index in [1.165, 1.54) is 37.7 Å². The van der Waals surface area contributed by atoms with Crippen LogP contribution in [-0.4, -0.2) is 11.2 Å². The summed E-state index contributed by atoms with van der Waals surface area (Å²) in [6.07, 6.45) is 19.5. The highest BCUT2D eigenvalue weighted by Gasteiger charge is 2.50. The first-order chi connectivity index (χ1) is 13.7. The van der Waals surface area contributed by atoms with Gasteiger partial charge in [0.2, 0.25) is 0 Å². The second kappa shape index (κ2) is 9.54. The predicted molar refractivity (Wildman–Crippen MR) is 126 cm³/mol. The first-order valence-electron chi connectivity index (χ1n) is 12.5. The van der Waals surface area contributed by atoms with Crippen molar-refractivity contribution in [2.45, 2.75) is 99.0 Å². The molecule has 1 heteroatoms. The van der Waals surface area contributed by atoms with Gasteiger partial charge in [0.1, 0.15) is 0 Å². The van der Waals surface area contributed by atoms with Gasteiger partial charge < -0.3 is 5.11 Å². The summed E-state index contributed by atoms with van der Waals surface area (Å²) in [5.74, 6) is 4.29. The van der Waals surface area contributed by atoms with Crippen LogP contribution in [0.1, 0.15) is 92.9 Å². The van der Waals surface area contributed by atoms with Crippen molar-refractivity contribution in [3.63, 3.8) is 0 Å². The van der Waals surface area contributed by atoms with Crippen LogP contribution in [-0.2, 0) is 0 Å². The number of aliphatic hydroxyl groups excluding tert-OH is 1. The number of aliphatic hydroxyl groups is 1. The summed E-state index contributed by atoms with van der Waals surface area (Å²) in [5, 5.41) is 10.1. The van der Waals surface area contributed by atoms with Crippen molar-refractivity contribution in [3.05, 3.63) is 35.5 Å². The summed E-state index contributed by atoms with van der Waals surface area (Å²) in [5.41, 5.74) is 3.63. The molecule has 1 nitrogen and oxygen atoms in total. The molecular weight excluding hydrogens is 352 g/mol. The lowest BCUT2D eigenvalue weighted by Crippen LogP contribution is -2.35. The molecule has 0 aliphatic heterocycles. The van der Waals surface area contributed by atoms with Crippen LogP contribution in [0.15, 0.2) is 35.5 Å². The quantitative estimate of drug-likeness (QED) is 0.470. The van der Waals surface area contributed by atoms with Crippen LogP contribution in [0.3, 0.4) is 0 Å². The third kappa shape index (κ3) is 5.09. The van der Waals surface area contributed by atoms with Crippen LogP contribution in [0.2, 0.25) is 0 Å². The highest BCUT2D eigenvalue weighted by Crippen LogP contribution is 2.59.